The van der Waals surface area contributed by atoms with E-state index in [4.69, 9.17) is 16.3 Å². The van der Waals surface area contributed by atoms with Crippen LogP contribution in [0.5, 0.6) is 0 Å². The van der Waals surface area contributed by atoms with Crippen LogP contribution in [0.3, 0.4) is 0 Å². The minimum atomic E-state index is -0.0847. The van der Waals surface area contributed by atoms with Gasteiger partial charge < -0.3 is 15.0 Å². The molecule has 0 bridgehead atoms. The maximum Gasteiger partial charge on any atom is 0.317 e. The maximum absolute atomic E-state index is 11.8. The number of ether oxygens (including phenoxy) is 1. The van der Waals surface area contributed by atoms with Gasteiger partial charge in [-0.15, -0.1) is 0 Å². The second kappa shape index (κ2) is 8.02. The first-order chi connectivity index (χ1) is 9.04. The smallest absolute Gasteiger partial charge is 0.317 e. The molecule has 1 N–H and O–H groups in total. The zero-order valence-corrected chi connectivity index (χ0v) is 12.4. The Balaban J connectivity index is 2.45. The molecule has 106 valence electrons. The van der Waals surface area contributed by atoms with Crippen molar-refractivity contribution in [1.82, 2.24) is 10.2 Å². The molecule has 0 saturated carbocycles. The van der Waals surface area contributed by atoms with E-state index in [1.807, 2.05) is 31.2 Å². The average Bonchev–Trinajstić information content (AvgIpc) is 2.40. The van der Waals surface area contributed by atoms with Gasteiger partial charge in [-0.1, -0.05) is 23.7 Å². The molecule has 0 unspecified atom stereocenters. The van der Waals surface area contributed by atoms with Crippen molar-refractivity contribution in [3.8, 4) is 0 Å². The summed E-state index contributed by atoms with van der Waals surface area (Å²) in [6.45, 7) is 3.06. The number of carbonyl (C=O) groups is 1. The molecule has 0 heterocycles. The van der Waals surface area contributed by atoms with Crippen LogP contribution < -0.4 is 5.32 Å². The molecule has 0 aliphatic carbocycles. The Bertz CT molecular complexity index is 395. The molecular weight excluding hydrogens is 264 g/mol. The van der Waals surface area contributed by atoms with Crippen molar-refractivity contribution >= 4 is 17.6 Å². The highest BCUT2D eigenvalue weighted by Gasteiger charge is 2.15. The monoisotopic (exact) mass is 284 g/mol. The summed E-state index contributed by atoms with van der Waals surface area (Å²) in [5.74, 6) is 0. The van der Waals surface area contributed by atoms with Crippen molar-refractivity contribution in [3.05, 3.63) is 34.9 Å². The lowest BCUT2D eigenvalue weighted by Gasteiger charge is -2.25. The van der Waals surface area contributed by atoms with E-state index in [1.165, 1.54) is 0 Å². The normalized spacial score (nSPS) is 12.0. The molecule has 2 amide bonds. The van der Waals surface area contributed by atoms with Gasteiger partial charge in [0, 0.05) is 31.8 Å². The summed E-state index contributed by atoms with van der Waals surface area (Å²) in [5, 5.41) is 3.52. The molecule has 19 heavy (non-hydrogen) atoms. The van der Waals surface area contributed by atoms with Crippen LogP contribution in [-0.4, -0.2) is 44.3 Å². The highest BCUT2D eigenvalue weighted by atomic mass is 35.5. The highest BCUT2D eigenvalue weighted by Crippen LogP contribution is 2.12. The van der Waals surface area contributed by atoms with Crippen molar-refractivity contribution in [2.24, 2.45) is 0 Å². The second-order valence-electron chi connectivity index (χ2n) is 4.52. The minimum absolute atomic E-state index is 0.0847. The van der Waals surface area contributed by atoms with E-state index in [2.05, 4.69) is 5.32 Å². The fraction of sp³-hybridized carbons (Fsp3) is 0.500. The Labute approximate surface area is 119 Å². The fourth-order valence-electron chi connectivity index (χ4n) is 1.68. The second-order valence-corrected chi connectivity index (χ2v) is 4.95. The number of methoxy groups -OCH3 is 1. The number of benzene rings is 1. The molecular formula is C14H21ClN2O2. The van der Waals surface area contributed by atoms with E-state index in [0.717, 1.165) is 17.0 Å². The third-order valence-electron chi connectivity index (χ3n) is 3.01. The Morgan fingerprint density at radius 3 is 2.63 bits per heavy atom. The zero-order valence-electron chi connectivity index (χ0n) is 11.6. The van der Waals surface area contributed by atoms with Gasteiger partial charge in [0.25, 0.3) is 0 Å². The van der Waals surface area contributed by atoms with E-state index in [9.17, 15) is 4.79 Å². The number of hydrogen-bond acceptors (Lipinski definition) is 2. The molecule has 1 aromatic carbocycles. The summed E-state index contributed by atoms with van der Waals surface area (Å²) in [5.41, 5.74) is 1.16. The molecule has 1 rings (SSSR count). The summed E-state index contributed by atoms with van der Waals surface area (Å²) in [6, 6.07) is 7.72. The molecule has 4 nitrogen and oxygen atoms in total. The fourth-order valence-corrected chi connectivity index (χ4v) is 1.81. The molecule has 0 radical (unpaired) electrons. The van der Waals surface area contributed by atoms with Crippen molar-refractivity contribution in [1.29, 1.82) is 0 Å². The van der Waals surface area contributed by atoms with Crippen molar-refractivity contribution in [3.63, 3.8) is 0 Å². The number of hydrogen-bond donors (Lipinski definition) is 1. The van der Waals surface area contributed by atoms with E-state index in [1.54, 1.807) is 19.1 Å². The predicted molar refractivity (Wildman–Crippen MR) is 77.7 cm³/mol. The SMILES string of the molecule is COCCNC(=O)N(C)[C@H](C)Cc1ccc(Cl)cc1. The number of halogens is 1. The first kappa shape index (κ1) is 15.8. The van der Waals surface area contributed by atoms with E-state index < -0.39 is 0 Å². The summed E-state index contributed by atoms with van der Waals surface area (Å²) in [6.07, 6.45) is 0.797. The van der Waals surface area contributed by atoms with Gasteiger partial charge in [-0.3, -0.25) is 0 Å². The number of urea groups is 1. The standard InChI is InChI=1S/C14H21ClN2O2/c1-11(10-12-4-6-13(15)7-5-12)17(2)14(18)16-8-9-19-3/h4-7,11H,8-10H2,1-3H3,(H,16,18)/t11-/m1/s1. The van der Waals surface area contributed by atoms with Crippen molar-refractivity contribution in [2.45, 2.75) is 19.4 Å². The van der Waals surface area contributed by atoms with E-state index in [-0.39, 0.29) is 12.1 Å². The van der Waals surface area contributed by atoms with Gasteiger partial charge in [-0.25, -0.2) is 4.79 Å². The molecule has 1 aromatic rings. The lowest BCUT2D eigenvalue weighted by Crippen LogP contribution is -2.44. The van der Waals surface area contributed by atoms with Crippen LogP contribution in [0.15, 0.2) is 24.3 Å². The number of nitrogens with one attached hydrogen (secondary N) is 1. The average molecular weight is 285 g/mol. The highest BCUT2D eigenvalue weighted by molar-refractivity contribution is 6.30. The molecule has 0 fully saturated rings. The summed E-state index contributed by atoms with van der Waals surface area (Å²) >= 11 is 5.85. The van der Waals surface area contributed by atoms with Crippen molar-refractivity contribution < 1.29 is 9.53 Å². The van der Waals surface area contributed by atoms with Gasteiger partial charge in [-0.2, -0.15) is 0 Å². The van der Waals surface area contributed by atoms with Crippen LogP contribution in [0.1, 0.15) is 12.5 Å². The third-order valence-corrected chi connectivity index (χ3v) is 3.26. The Morgan fingerprint density at radius 1 is 1.42 bits per heavy atom. The third kappa shape index (κ3) is 5.49. The van der Waals surface area contributed by atoms with Gasteiger partial charge in [0.1, 0.15) is 0 Å². The molecule has 0 aliphatic rings. The first-order valence-electron chi connectivity index (χ1n) is 6.28. The number of likely N-dealkylation sites (N-methyl/N-ethyl adjacent to an activating group) is 1. The molecule has 0 aromatic heterocycles. The first-order valence-corrected chi connectivity index (χ1v) is 6.66. The number of carbonyl (C=O) groups excluding carboxylic acids is 1. The molecule has 0 saturated heterocycles. The number of rotatable bonds is 6. The lowest BCUT2D eigenvalue weighted by atomic mass is 10.1. The predicted octanol–water partition coefficient (Wildman–Crippen LogP) is 2.56. The van der Waals surface area contributed by atoms with Crippen LogP contribution in [0.2, 0.25) is 5.02 Å². The van der Waals surface area contributed by atoms with Crippen LogP contribution in [0, 0.1) is 0 Å². The minimum Gasteiger partial charge on any atom is -0.383 e. The summed E-state index contributed by atoms with van der Waals surface area (Å²) in [4.78, 5) is 13.5. The van der Waals surface area contributed by atoms with E-state index in [0.29, 0.717) is 13.2 Å². The largest absolute Gasteiger partial charge is 0.383 e. The zero-order chi connectivity index (χ0) is 14.3. The van der Waals surface area contributed by atoms with Gasteiger partial charge in [-0.05, 0) is 31.0 Å². The van der Waals surface area contributed by atoms with Gasteiger partial charge in [0.05, 0.1) is 6.61 Å². The van der Waals surface area contributed by atoms with Crippen LogP contribution >= 0.6 is 11.6 Å². The van der Waals surface area contributed by atoms with Gasteiger partial charge >= 0.3 is 6.03 Å². The molecule has 0 aliphatic heterocycles. The van der Waals surface area contributed by atoms with Gasteiger partial charge in [0.2, 0.25) is 0 Å². The number of amides is 2. The Morgan fingerprint density at radius 2 is 2.05 bits per heavy atom. The quantitative estimate of drug-likeness (QED) is 0.816. The molecule has 5 heteroatoms. The van der Waals surface area contributed by atoms with Crippen LogP contribution in [0.4, 0.5) is 4.79 Å². The van der Waals surface area contributed by atoms with Crippen molar-refractivity contribution in [2.75, 3.05) is 27.3 Å². The van der Waals surface area contributed by atoms with Crippen LogP contribution in [-0.2, 0) is 11.2 Å². The van der Waals surface area contributed by atoms with Gasteiger partial charge in [0.15, 0.2) is 0 Å². The van der Waals surface area contributed by atoms with Crippen LogP contribution in [0.25, 0.3) is 0 Å². The maximum atomic E-state index is 11.8. The lowest BCUT2D eigenvalue weighted by molar-refractivity contribution is 0.177. The number of nitrogens with zero attached hydrogens (tertiary/aromatic N) is 1. The Kier molecular flexibility index (Phi) is 6.67. The summed E-state index contributed by atoms with van der Waals surface area (Å²) in [7, 11) is 3.40. The molecule has 0 spiro atoms. The topological polar surface area (TPSA) is 41.6 Å². The molecule has 1 atom stereocenters. The van der Waals surface area contributed by atoms with E-state index >= 15 is 0 Å². The summed E-state index contributed by atoms with van der Waals surface area (Å²) < 4.78 is 4.89. The Hall–Kier alpha value is -1.26.